The molecule has 2 aliphatic heterocycles. The highest BCUT2D eigenvalue weighted by Crippen LogP contribution is 2.30. The monoisotopic (exact) mass is 477 g/mol. The van der Waals surface area contributed by atoms with Gasteiger partial charge in [0.15, 0.2) is 6.61 Å². The first-order valence-corrected chi connectivity index (χ1v) is 11.8. The van der Waals surface area contributed by atoms with Gasteiger partial charge in [-0.05, 0) is 43.2 Å². The Hall–Kier alpha value is -2.95. The molecule has 0 unspecified atom stereocenters. The van der Waals surface area contributed by atoms with Crippen molar-refractivity contribution in [3.8, 4) is 0 Å². The second kappa shape index (κ2) is 8.89. The molecule has 11 heteroatoms. The molecular weight excluding hydrogens is 458 g/mol. The summed E-state index contributed by atoms with van der Waals surface area (Å²) in [6, 6.07) is 10.6. The molecule has 2 aromatic rings. The van der Waals surface area contributed by atoms with Crippen molar-refractivity contribution < 1.29 is 27.5 Å². The average molecular weight is 478 g/mol. The number of esters is 1. The molecule has 168 valence electrons. The van der Waals surface area contributed by atoms with Crippen molar-refractivity contribution in [2.24, 2.45) is 0 Å². The maximum absolute atomic E-state index is 12.8. The standard InChI is InChI=1S/C21H20ClN3O6S/c22-15-8-7-14(11-18(15)32(29,30)24-9-3-4-10-24)21(28)31-13-20(27)25-12-19(26)23-16-5-1-2-6-17(16)25/h1-2,5-8,11H,3-4,9-10,12-13H2,(H,23,26). The maximum Gasteiger partial charge on any atom is 0.338 e. The normalized spacial score (nSPS) is 16.4. The van der Waals surface area contributed by atoms with E-state index in [-0.39, 0.29) is 27.9 Å². The van der Waals surface area contributed by atoms with Crippen molar-refractivity contribution in [2.45, 2.75) is 17.7 Å². The zero-order valence-electron chi connectivity index (χ0n) is 16.9. The second-order valence-corrected chi connectivity index (χ2v) is 9.69. The van der Waals surface area contributed by atoms with Gasteiger partial charge in [0.2, 0.25) is 15.9 Å². The quantitative estimate of drug-likeness (QED) is 0.661. The third-order valence-corrected chi connectivity index (χ3v) is 7.63. The lowest BCUT2D eigenvalue weighted by molar-refractivity contribution is -0.124. The van der Waals surface area contributed by atoms with Crippen LogP contribution in [0.15, 0.2) is 47.4 Å². The van der Waals surface area contributed by atoms with E-state index in [2.05, 4.69) is 5.32 Å². The molecule has 32 heavy (non-hydrogen) atoms. The molecule has 2 amide bonds. The lowest BCUT2D eigenvalue weighted by Gasteiger charge is -2.28. The number of sulfonamides is 1. The molecule has 2 aromatic carbocycles. The Labute approximate surface area is 189 Å². The molecule has 2 heterocycles. The Morgan fingerprint density at radius 1 is 1.09 bits per heavy atom. The first-order valence-electron chi connectivity index (χ1n) is 9.93. The predicted molar refractivity (Wildman–Crippen MR) is 117 cm³/mol. The van der Waals surface area contributed by atoms with E-state index in [4.69, 9.17) is 16.3 Å². The van der Waals surface area contributed by atoms with E-state index in [1.54, 1.807) is 24.3 Å². The number of para-hydroxylation sites is 2. The third-order valence-electron chi connectivity index (χ3n) is 5.25. The summed E-state index contributed by atoms with van der Waals surface area (Å²) in [5.41, 5.74) is 0.938. The summed E-state index contributed by atoms with van der Waals surface area (Å²) in [6.07, 6.45) is 1.52. The molecule has 2 aliphatic rings. The lowest BCUT2D eigenvalue weighted by atomic mass is 10.2. The second-order valence-electron chi connectivity index (χ2n) is 7.38. The van der Waals surface area contributed by atoms with Gasteiger partial charge in [-0.15, -0.1) is 0 Å². The molecule has 1 fully saturated rings. The summed E-state index contributed by atoms with van der Waals surface area (Å²) in [5, 5.41) is 2.67. The summed E-state index contributed by atoms with van der Waals surface area (Å²) < 4.78 is 32.1. The number of nitrogens with zero attached hydrogens (tertiary/aromatic N) is 2. The van der Waals surface area contributed by atoms with Gasteiger partial charge in [-0.3, -0.25) is 14.5 Å². The van der Waals surface area contributed by atoms with E-state index >= 15 is 0 Å². The van der Waals surface area contributed by atoms with Gasteiger partial charge in [-0.1, -0.05) is 23.7 Å². The Morgan fingerprint density at radius 3 is 2.56 bits per heavy atom. The van der Waals surface area contributed by atoms with E-state index in [0.717, 1.165) is 18.9 Å². The van der Waals surface area contributed by atoms with Crippen molar-refractivity contribution in [3.63, 3.8) is 0 Å². The van der Waals surface area contributed by atoms with E-state index < -0.39 is 28.5 Å². The van der Waals surface area contributed by atoms with E-state index in [9.17, 15) is 22.8 Å². The molecule has 0 aliphatic carbocycles. The van der Waals surface area contributed by atoms with Crippen molar-refractivity contribution >= 4 is 50.8 Å². The summed E-state index contributed by atoms with van der Waals surface area (Å²) in [4.78, 5) is 38.1. The number of carbonyl (C=O) groups is 3. The Balaban J connectivity index is 1.48. The van der Waals surface area contributed by atoms with Gasteiger partial charge < -0.3 is 10.1 Å². The number of hydrogen-bond acceptors (Lipinski definition) is 6. The van der Waals surface area contributed by atoms with E-state index in [0.29, 0.717) is 24.5 Å². The fraction of sp³-hybridized carbons (Fsp3) is 0.286. The van der Waals surface area contributed by atoms with E-state index in [1.807, 2.05) is 0 Å². The first kappa shape index (κ1) is 22.3. The summed E-state index contributed by atoms with van der Waals surface area (Å²) in [7, 11) is -3.84. The van der Waals surface area contributed by atoms with Gasteiger partial charge in [-0.25, -0.2) is 13.2 Å². The number of hydrogen-bond donors (Lipinski definition) is 1. The van der Waals surface area contributed by atoms with Gasteiger partial charge in [0.25, 0.3) is 5.91 Å². The number of fused-ring (bicyclic) bond motifs is 1. The third kappa shape index (κ3) is 4.34. The van der Waals surface area contributed by atoms with Crippen LogP contribution in [0.4, 0.5) is 11.4 Å². The first-order chi connectivity index (χ1) is 15.3. The van der Waals surface area contributed by atoms with Crippen molar-refractivity contribution in [1.29, 1.82) is 0 Å². The number of carbonyl (C=O) groups excluding carboxylic acids is 3. The van der Waals surface area contributed by atoms with Crippen LogP contribution >= 0.6 is 11.6 Å². The molecule has 0 radical (unpaired) electrons. The van der Waals surface area contributed by atoms with Crippen LogP contribution in [-0.4, -0.2) is 56.7 Å². The largest absolute Gasteiger partial charge is 0.452 e. The molecule has 0 saturated carbocycles. The minimum atomic E-state index is -3.84. The molecule has 1 saturated heterocycles. The van der Waals surface area contributed by atoms with Crippen LogP contribution in [-0.2, 0) is 24.3 Å². The number of benzene rings is 2. The van der Waals surface area contributed by atoms with Crippen LogP contribution < -0.4 is 10.2 Å². The SMILES string of the molecule is O=C1CN(C(=O)COC(=O)c2ccc(Cl)c(S(=O)(=O)N3CCCC3)c2)c2ccccc2N1. The highest BCUT2D eigenvalue weighted by atomic mass is 35.5. The summed E-state index contributed by atoms with van der Waals surface area (Å²) in [5.74, 6) is -1.82. The molecule has 0 aromatic heterocycles. The maximum atomic E-state index is 12.8. The molecule has 9 nitrogen and oxygen atoms in total. The van der Waals surface area contributed by atoms with Crippen LogP contribution in [0.2, 0.25) is 5.02 Å². The molecule has 0 atom stereocenters. The predicted octanol–water partition coefficient (Wildman–Crippen LogP) is 2.27. The fourth-order valence-electron chi connectivity index (χ4n) is 3.64. The van der Waals surface area contributed by atoms with Crippen LogP contribution in [0, 0.1) is 0 Å². The van der Waals surface area contributed by atoms with Crippen molar-refractivity contribution in [3.05, 3.63) is 53.1 Å². The minimum absolute atomic E-state index is 0.000428. The fourth-order valence-corrected chi connectivity index (χ4v) is 5.66. The molecule has 1 N–H and O–H groups in total. The topological polar surface area (TPSA) is 113 Å². The lowest BCUT2D eigenvalue weighted by Crippen LogP contribution is -2.44. The van der Waals surface area contributed by atoms with Crippen LogP contribution in [0.25, 0.3) is 0 Å². The number of nitrogens with one attached hydrogen (secondary N) is 1. The zero-order chi connectivity index (χ0) is 22.9. The molecular formula is C21H20ClN3O6S. The number of amides is 2. The molecule has 4 rings (SSSR count). The van der Waals surface area contributed by atoms with Crippen molar-refractivity contribution in [1.82, 2.24) is 4.31 Å². The highest BCUT2D eigenvalue weighted by molar-refractivity contribution is 7.89. The van der Waals surface area contributed by atoms with Crippen LogP contribution in [0.5, 0.6) is 0 Å². The minimum Gasteiger partial charge on any atom is -0.452 e. The molecule has 0 spiro atoms. The smallest absolute Gasteiger partial charge is 0.338 e. The van der Waals surface area contributed by atoms with Gasteiger partial charge in [0.1, 0.15) is 11.4 Å². The Kier molecular flexibility index (Phi) is 6.18. The van der Waals surface area contributed by atoms with E-state index in [1.165, 1.54) is 21.3 Å². The number of rotatable bonds is 5. The summed E-state index contributed by atoms with van der Waals surface area (Å²) >= 11 is 6.10. The summed E-state index contributed by atoms with van der Waals surface area (Å²) in [6.45, 7) is -0.0245. The van der Waals surface area contributed by atoms with Crippen LogP contribution in [0.1, 0.15) is 23.2 Å². The van der Waals surface area contributed by atoms with Gasteiger partial charge in [-0.2, -0.15) is 4.31 Å². The van der Waals surface area contributed by atoms with Gasteiger partial charge in [0, 0.05) is 13.1 Å². The zero-order valence-corrected chi connectivity index (χ0v) is 18.5. The van der Waals surface area contributed by atoms with Crippen LogP contribution in [0.3, 0.4) is 0 Å². The van der Waals surface area contributed by atoms with Gasteiger partial charge in [0.05, 0.1) is 22.0 Å². The van der Waals surface area contributed by atoms with Gasteiger partial charge >= 0.3 is 5.97 Å². The van der Waals surface area contributed by atoms with Crippen molar-refractivity contribution in [2.75, 3.05) is 36.5 Å². The molecule has 0 bridgehead atoms. The Morgan fingerprint density at radius 2 is 1.81 bits per heavy atom. The Bertz CT molecular complexity index is 1190. The number of anilines is 2. The number of halogens is 1. The number of ether oxygens (including phenoxy) is 1. The average Bonchev–Trinajstić information content (AvgIpc) is 3.32. The highest BCUT2D eigenvalue weighted by Gasteiger charge is 2.31.